The average molecular weight is 475 g/mol. The van der Waals surface area contributed by atoms with Crippen molar-refractivity contribution in [2.75, 3.05) is 25.6 Å². The maximum absolute atomic E-state index is 12.7. The van der Waals surface area contributed by atoms with Crippen LogP contribution in [0.25, 0.3) is 10.8 Å². The van der Waals surface area contributed by atoms with Gasteiger partial charge in [0.2, 0.25) is 0 Å². The number of nitrogen functional groups attached to an aromatic ring is 1. The molecule has 7 heteroatoms. The van der Waals surface area contributed by atoms with Crippen LogP contribution < -0.4 is 5.73 Å². The molecule has 0 saturated carbocycles. The van der Waals surface area contributed by atoms with E-state index in [0.717, 1.165) is 53.7 Å². The zero-order valence-electron chi connectivity index (χ0n) is 17.4. The molecule has 1 aromatic carbocycles. The lowest BCUT2D eigenvalue weighted by Gasteiger charge is -2.21. The van der Waals surface area contributed by atoms with Gasteiger partial charge in [-0.05, 0) is 54.7 Å². The lowest BCUT2D eigenvalue weighted by atomic mass is 9.97. The van der Waals surface area contributed by atoms with Crippen LogP contribution in [0.5, 0.6) is 0 Å². The number of ketones is 1. The monoisotopic (exact) mass is 474 g/mol. The van der Waals surface area contributed by atoms with E-state index in [0.29, 0.717) is 47.7 Å². The molecule has 0 unspecified atom stereocenters. The second-order valence-electron chi connectivity index (χ2n) is 7.95. The van der Waals surface area contributed by atoms with Gasteiger partial charge in [0.25, 0.3) is 0 Å². The number of pyridine rings is 1. The number of nitrogens with two attached hydrogens (primary N) is 1. The van der Waals surface area contributed by atoms with Crippen LogP contribution in [0.2, 0.25) is 5.02 Å². The van der Waals surface area contributed by atoms with Gasteiger partial charge in [0, 0.05) is 42.7 Å². The van der Waals surface area contributed by atoms with E-state index < -0.39 is 0 Å². The molecule has 1 fully saturated rings. The Morgan fingerprint density at radius 3 is 2.88 bits per heavy atom. The zero-order chi connectivity index (χ0) is 21.6. The number of hydrogen-bond donors (Lipinski definition) is 1. The summed E-state index contributed by atoms with van der Waals surface area (Å²) in [4.78, 5) is 18.4. The fourth-order valence-corrected chi connectivity index (χ4v) is 5.18. The first kappa shape index (κ1) is 24.6. The highest BCUT2D eigenvalue weighted by Crippen LogP contribution is 2.29. The highest BCUT2D eigenvalue weighted by molar-refractivity contribution is 7.14. The van der Waals surface area contributed by atoms with Gasteiger partial charge in [-0.1, -0.05) is 37.2 Å². The lowest BCUT2D eigenvalue weighted by molar-refractivity contribution is 0.0450. The lowest BCUT2D eigenvalue weighted by Crippen LogP contribution is -2.17. The Morgan fingerprint density at radius 2 is 2.06 bits per heavy atom. The summed E-state index contributed by atoms with van der Waals surface area (Å²) in [6, 6.07) is 9.75. The zero-order valence-corrected chi connectivity index (χ0v) is 19.0. The van der Waals surface area contributed by atoms with Crippen LogP contribution in [0.4, 0.5) is 5.82 Å². The number of hydrogen-bond acceptors (Lipinski definition) is 6. The summed E-state index contributed by atoms with van der Waals surface area (Å²) in [6.45, 7) is 2.89. The van der Waals surface area contributed by atoms with Gasteiger partial charge in [0.05, 0.1) is 16.5 Å². The molecule has 2 aromatic heterocycles. The molecule has 4 rings (SSSR count). The van der Waals surface area contributed by atoms with E-state index in [1.54, 1.807) is 12.3 Å². The summed E-state index contributed by atoms with van der Waals surface area (Å²) in [5.74, 6) is 1.32. The number of anilines is 1. The van der Waals surface area contributed by atoms with Crippen LogP contribution >= 0.6 is 22.9 Å². The van der Waals surface area contributed by atoms with Crippen molar-refractivity contribution in [1.29, 1.82) is 0 Å². The van der Waals surface area contributed by atoms with Crippen molar-refractivity contribution in [2.45, 2.75) is 46.1 Å². The van der Waals surface area contributed by atoms with Crippen molar-refractivity contribution in [3.63, 3.8) is 0 Å². The maximum Gasteiger partial charge on any atom is 0.173 e. The minimum atomic E-state index is 0. The van der Waals surface area contributed by atoms with E-state index in [-0.39, 0.29) is 13.2 Å². The second-order valence-corrected chi connectivity index (χ2v) is 9.50. The van der Waals surface area contributed by atoms with E-state index in [1.165, 1.54) is 11.3 Å². The number of fused-ring (bicyclic) bond motifs is 1. The number of rotatable bonds is 9. The van der Waals surface area contributed by atoms with Crippen LogP contribution in [0.15, 0.2) is 36.5 Å². The van der Waals surface area contributed by atoms with Gasteiger partial charge in [-0.25, -0.2) is 4.98 Å². The highest BCUT2D eigenvalue weighted by Gasteiger charge is 2.16. The molecule has 1 aliphatic rings. The molecule has 3 aromatic rings. The molecule has 3 heterocycles. The normalized spacial score (nSPS) is 14.4. The van der Waals surface area contributed by atoms with E-state index in [2.05, 4.69) is 11.1 Å². The first-order valence-electron chi connectivity index (χ1n) is 10.7. The van der Waals surface area contributed by atoms with Crippen LogP contribution in [0.3, 0.4) is 0 Å². The molecule has 0 spiro atoms. The highest BCUT2D eigenvalue weighted by atomic mass is 35.5. The Morgan fingerprint density at radius 1 is 1.25 bits per heavy atom. The van der Waals surface area contributed by atoms with Crippen LogP contribution in [-0.4, -0.2) is 30.6 Å². The number of nitrogens with zero attached hydrogens (tertiary/aromatic N) is 1. The molecule has 0 aliphatic carbocycles. The first-order chi connectivity index (χ1) is 15.1. The summed E-state index contributed by atoms with van der Waals surface area (Å²) in [5.41, 5.74) is 7.01. The molecule has 2 N–H and O–H groups in total. The smallest absolute Gasteiger partial charge is 0.173 e. The molecule has 172 valence electrons. The van der Waals surface area contributed by atoms with Crippen LogP contribution in [-0.2, 0) is 22.5 Å². The molecule has 0 amide bonds. The number of aromatic nitrogens is 1. The number of thiophene rings is 1. The van der Waals surface area contributed by atoms with Crippen molar-refractivity contribution in [2.24, 2.45) is 5.92 Å². The molecule has 5 nitrogen and oxygen atoms in total. The molecular formula is C25H31ClN2O3S. The number of carbonyl (C=O) groups excluding carboxylic acids is 1. The van der Waals surface area contributed by atoms with Crippen molar-refractivity contribution in [3.8, 4) is 0 Å². The van der Waals surface area contributed by atoms with Gasteiger partial charge in [-0.3, -0.25) is 4.79 Å². The third kappa shape index (κ3) is 6.29. The van der Waals surface area contributed by atoms with E-state index >= 15 is 0 Å². The molecule has 1 saturated heterocycles. The number of aryl methyl sites for hydroxylation is 1. The van der Waals surface area contributed by atoms with Gasteiger partial charge in [-0.2, -0.15) is 0 Å². The molecule has 0 atom stereocenters. The SMILES string of the molecule is C.Nc1nccc2cc(CCC(=O)c3cc(Cl)c(COCCC4CCOCC4)s3)ccc12. The van der Waals surface area contributed by atoms with Crippen LogP contribution in [0.1, 0.15) is 53.2 Å². The Hall–Kier alpha value is -1.99. The number of benzene rings is 1. The minimum absolute atomic E-state index is 0. The summed E-state index contributed by atoms with van der Waals surface area (Å²) in [7, 11) is 0. The molecule has 0 radical (unpaired) electrons. The van der Waals surface area contributed by atoms with Gasteiger partial charge >= 0.3 is 0 Å². The largest absolute Gasteiger partial charge is 0.383 e. The maximum atomic E-state index is 12.7. The van der Waals surface area contributed by atoms with Gasteiger partial charge in [-0.15, -0.1) is 11.3 Å². The number of Topliss-reactive ketones (excluding diaryl/α,β-unsaturated/α-hetero) is 1. The predicted octanol–water partition coefficient (Wildman–Crippen LogP) is 6.32. The summed E-state index contributed by atoms with van der Waals surface area (Å²) < 4.78 is 11.2. The van der Waals surface area contributed by atoms with Crippen molar-refractivity contribution < 1.29 is 14.3 Å². The molecule has 0 bridgehead atoms. The predicted molar refractivity (Wildman–Crippen MR) is 133 cm³/mol. The van der Waals surface area contributed by atoms with Crippen molar-refractivity contribution in [1.82, 2.24) is 4.98 Å². The number of ether oxygens (including phenoxy) is 2. The fourth-order valence-electron chi connectivity index (χ4n) is 3.88. The number of halogens is 1. The Kier molecular flexibility index (Phi) is 9.05. The topological polar surface area (TPSA) is 74.4 Å². The van der Waals surface area contributed by atoms with Gasteiger partial charge < -0.3 is 15.2 Å². The molecule has 32 heavy (non-hydrogen) atoms. The molecule has 1 aliphatic heterocycles. The minimum Gasteiger partial charge on any atom is -0.383 e. The first-order valence-corrected chi connectivity index (χ1v) is 11.9. The summed E-state index contributed by atoms with van der Waals surface area (Å²) in [5, 5.41) is 2.59. The van der Waals surface area contributed by atoms with Crippen molar-refractivity contribution in [3.05, 3.63) is 56.9 Å². The summed E-state index contributed by atoms with van der Waals surface area (Å²) >= 11 is 7.80. The van der Waals surface area contributed by atoms with Gasteiger partial charge in [0.1, 0.15) is 5.82 Å². The Labute approximate surface area is 198 Å². The van der Waals surface area contributed by atoms with Crippen LogP contribution in [0, 0.1) is 5.92 Å². The third-order valence-corrected chi connectivity index (χ3v) is 7.38. The second kappa shape index (κ2) is 11.8. The summed E-state index contributed by atoms with van der Waals surface area (Å²) in [6.07, 6.45) is 6.09. The van der Waals surface area contributed by atoms with Gasteiger partial charge in [0.15, 0.2) is 5.78 Å². The van der Waals surface area contributed by atoms with E-state index in [9.17, 15) is 4.79 Å². The Bertz CT molecular complexity index is 1050. The average Bonchev–Trinajstić information content (AvgIpc) is 3.16. The third-order valence-electron chi connectivity index (χ3n) is 5.78. The van der Waals surface area contributed by atoms with E-state index in [4.69, 9.17) is 26.8 Å². The van der Waals surface area contributed by atoms with E-state index in [1.807, 2.05) is 18.2 Å². The number of carbonyl (C=O) groups is 1. The Balaban J connectivity index is 0.00000289. The quantitative estimate of drug-likeness (QED) is 0.290. The van der Waals surface area contributed by atoms with Crippen molar-refractivity contribution >= 4 is 45.3 Å². The molecular weight excluding hydrogens is 444 g/mol. The fraction of sp³-hybridized carbons (Fsp3) is 0.440. The standard InChI is InChI=1S/C24H27ClN2O3S.CH4/c25-20-14-22(31-23(20)15-30-12-8-16-6-10-29-11-7-16)21(28)4-2-17-1-3-19-18(13-17)5-9-27-24(19)26;/h1,3,5,9,13-14,16H,2,4,6-8,10-12,15H2,(H2,26,27);1H4.